The number of nitrogens with one attached hydrogen (secondary N) is 1. The van der Waals surface area contributed by atoms with Gasteiger partial charge in [0.05, 0.1) is 5.69 Å². The van der Waals surface area contributed by atoms with Crippen molar-refractivity contribution in [3.05, 3.63) is 41.6 Å². The fourth-order valence-corrected chi connectivity index (χ4v) is 1.46. The zero-order valence-electron chi connectivity index (χ0n) is 10.1. The van der Waals surface area contributed by atoms with Gasteiger partial charge in [0.25, 0.3) is 0 Å². The first kappa shape index (κ1) is 13.1. The molecule has 1 aromatic heterocycles. The molecule has 0 bridgehead atoms. The molecular weight excluding hydrogens is 256 g/mol. The maximum atomic E-state index is 13.3. The van der Waals surface area contributed by atoms with Crippen LogP contribution < -0.4 is 5.32 Å². The molecule has 2 aromatic rings. The quantitative estimate of drug-likeness (QED) is 0.922. The summed E-state index contributed by atoms with van der Waals surface area (Å²) in [5.74, 6) is -1.17. The van der Waals surface area contributed by atoms with Crippen LogP contribution >= 0.6 is 0 Å². The molecule has 7 heteroatoms. The third-order valence-electron chi connectivity index (χ3n) is 2.34. The highest BCUT2D eigenvalue weighted by atomic mass is 19.1. The number of hydrogen-bond donors (Lipinski definition) is 1. The van der Waals surface area contributed by atoms with Crippen LogP contribution in [0, 0.1) is 18.6 Å². The average Bonchev–Trinajstić information content (AvgIpc) is 2.76. The number of anilines is 1. The standard InChI is InChI=1S/C12H11F2N3O2/c1-7-16-17-12(19-7)5-4-11(18)15-10-3-2-8(13)6-9(10)14/h2-3,6H,4-5H2,1H3,(H,15,18). The second-order valence-electron chi connectivity index (χ2n) is 3.89. The second kappa shape index (κ2) is 5.55. The third kappa shape index (κ3) is 3.57. The lowest BCUT2D eigenvalue weighted by Gasteiger charge is -2.05. The Morgan fingerprint density at radius 3 is 2.79 bits per heavy atom. The van der Waals surface area contributed by atoms with Gasteiger partial charge in [-0.05, 0) is 12.1 Å². The molecule has 0 unspecified atom stereocenters. The van der Waals surface area contributed by atoms with Gasteiger partial charge in [0.15, 0.2) is 0 Å². The van der Waals surface area contributed by atoms with Crippen molar-refractivity contribution in [2.24, 2.45) is 0 Å². The minimum atomic E-state index is -0.818. The van der Waals surface area contributed by atoms with Crippen molar-refractivity contribution >= 4 is 11.6 Å². The van der Waals surface area contributed by atoms with E-state index in [4.69, 9.17) is 4.42 Å². The largest absolute Gasteiger partial charge is 0.426 e. The van der Waals surface area contributed by atoms with E-state index in [0.717, 1.165) is 6.07 Å². The van der Waals surface area contributed by atoms with E-state index >= 15 is 0 Å². The molecule has 0 aliphatic carbocycles. The van der Waals surface area contributed by atoms with Crippen LogP contribution in [0.2, 0.25) is 0 Å². The number of carbonyl (C=O) groups excluding carboxylic acids is 1. The Morgan fingerprint density at radius 2 is 2.16 bits per heavy atom. The van der Waals surface area contributed by atoms with Gasteiger partial charge in [-0.1, -0.05) is 0 Å². The van der Waals surface area contributed by atoms with E-state index < -0.39 is 17.5 Å². The summed E-state index contributed by atoms with van der Waals surface area (Å²) in [5.41, 5.74) is -0.0619. The van der Waals surface area contributed by atoms with E-state index in [0.29, 0.717) is 17.8 Å². The lowest BCUT2D eigenvalue weighted by atomic mass is 10.2. The lowest BCUT2D eigenvalue weighted by molar-refractivity contribution is -0.116. The highest BCUT2D eigenvalue weighted by molar-refractivity contribution is 5.90. The number of aromatic nitrogens is 2. The number of aryl methyl sites for hydroxylation is 2. The second-order valence-corrected chi connectivity index (χ2v) is 3.89. The molecule has 0 atom stereocenters. The molecule has 1 amide bonds. The van der Waals surface area contributed by atoms with Crippen LogP contribution in [0.1, 0.15) is 18.2 Å². The van der Waals surface area contributed by atoms with Crippen LogP contribution in [0.4, 0.5) is 14.5 Å². The maximum absolute atomic E-state index is 13.3. The Morgan fingerprint density at radius 1 is 1.37 bits per heavy atom. The summed E-state index contributed by atoms with van der Waals surface area (Å²) >= 11 is 0. The number of rotatable bonds is 4. The van der Waals surface area contributed by atoms with Crippen molar-refractivity contribution in [2.45, 2.75) is 19.8 Å². The molecule has 1 aromatic carbocycles. The Hall–Kier alpha value is -2.31. The number of hydrogen-bond acceptors (Lipinski definition) is 4. The molecule has 2 rings (SSSR count). The van der Waals surface area contributed by atoms with Gasteiger partial charge >= 0.3 is 0 Å². The maximum Gasteiger partial charge on any atom is 0.224 e. The van der Waals surface area contributed by atoms with Crippen molar-refractivity contribution in [3.63, 3.8) is 0 Å². The lowest BCUT2D eigenvalue weighted by Crippen LogP contribution is -2.13. The van der Waals surface area contributed by atoms with Gasteiger partial charge < -0.3 is 9.73 Å². The summed E-state index contributed by atoms with van der Waals surface area (Å²) in [5, 5.41) is 9.70. The van der Waals surface area contributed by atoms with Gasteiger partial charge in [-0.3, -0.25) is 4.79 Å². The first-order chi connectivity index (χ1) is 9.04. The summed E-state index contributed by atoms with van der Waals surface area (Å²) < 4.78 is 31.1. The van der Waals surface area contributed by atoms with Gasteiger partial charge in [-0.25, -0.2) is 8.78 Å². The van der Waals surface area contributed by atoms with Gasteiger partial charge in [-0.2, -0.15) is 0 Å². The number of halogens is 2. The first-order valence-electron chi connectivity index (χ1n) is 5.58. The Kier molecular flexibility index (Phi) is 3.84. The SMILES string of the molecule is Cc1nnc(CCC(=O)Nc2ccc(F)cc2F)o1. The molecule has 0 spiro atoms. The fraction of sp³-hybridized carbons (Fsp3) is 0.250. The zero-order valence-corrected chi connectivity index (χ0v) is 10.1. The summed E-state index contributed by atoms with van der Waals surface area (Å²) in [7, 11) is 0. The zero-order chi connectivity index (χ0) is 13.8. The number of carbonyl (C=O) groups is 1. The topological polar surface area (TPSA) is 68.0 Å². The predicted molar refractivity (Wildman–Crippen MR) is 62.3 cm³/mol. The molecule has 19 heavy (non-hydrogen) atoms. The highest BCUT2D eigenvalue weighted by Crippen LogP contribution is 2.15. The minimum Gasteiger partial charge on any atom is -0.426 e. The van der Waals surface area contributed by atoms with Crippen LogP contribution in [0.15, 0.2) is 22.6 Å². The Labute approximate surface area is 107 Å². The van der Waals surface area contributed by atoms with Crippen molar-refractivity contribution in [3.8, 4) is 0 Å². The average molecular weight is 267 g/mol. The van der Waals surface area contributed by atoms with Crippen molar-refractivity contribution < 1.29 is 18.0 Å². The molecular formula is C12H11F2N3O2. The van der Waals surface area contributed by atoms with Crippen LogP contribution in [0.25, 0.3) is 0 Å². The normalized spacial score (nSPS) is 10.5. The number of amides is 1. The Balaban J connectivity index is 1.90. The monoisotopic (exact) mass is 267 g/mol. The number of benzene rings is 1. The molecule has 0 radical (unpaired) electrons. The van der Waals surface area contributed by atoms with Crippen molar-refractivity contribution in [1.29, 1.82) is 0 Å². The third-order valence-corrected chi connectivity index (χ3v) is 2.34. The van der Waals surface area contributed by atoms with E-state index in [2.05, 4.69) is 15.5 Å². The van der Waals surface area contributed by atoms with Gasteiger partial charge in [0.2, 0.25) is 17.7 Å². The molecule has 5 nitrogen and oxygen atoms in total. The van der Waals surface area contributed by atoms with Crippen molar-refractivity contribution in [1.82, 2.24) is 10.2 Å². The molecule has 0 aliphatic heterocycles. The summed E-state index contributed by atoms with van der Waals surface area (Å²) in [6.45, 7) is 1.64. The molecule has 1 heterocycles. The summed E-state index contributed by atoms with van der Waals surface area (Å²) in [4.78, 5) is 11.6. The smallest absolute Gasteiger partial charge is 0.224 e. The predicted octanol–water partition coefficient (Wildman–Crippen LogP) is 2.23. The van der Waals surface area contributed by atoms with Crippen LogP contribution in [-0.2, 0) is 11.2 Å². The van der Waals surface area contributed by atoms with Gasteiger partial charge in [0, 0.05) is 25.8 Å². The molecule has 0 fully saturated rings. The summed E-state index contributed by atoms with van der Waals surface area (Å²) in [6, 6.07) is 2.94. The first-order valence-corrected chi connectivity index (χ1v) is 5.58. The molecule has 1 N–H and O–H groups in total. The summed E-state index contributed by atoms with van der Waals surface area (Å²) in [6.07, 6.45) is 0.327. The van der Waals surface area contributed by atoms with Gasteiger partial charge in [0.1, 0.15) is 11.6 Å². The molecule has 0 saturated carbocycles. The van der Waals surface area contributed by atoms with E-state index in [-0.39, 0.29) is 18.5 Å². The van der Waals surface area contributed by atoms with Crippen LogP contribution in [-0.4, -0.2) is 16.1 Å². The fourth-order valence-electron chi connectivity index (χ4n) is 1.46. The van der Waals surface area contributed by atoms with Crippen LogP contribution in [0.5, 0.6) is 0 Å². The number of nitrogens with zero attached hydrogens (tertiary/aromatic N) is 2. The molecule has 0 saturated heterocycles. The van der Waals surface area contributed by atoms with E-state index in [9.17, 15) is 13.6 Å². The van der Waals surface area contributed by atoms with E-state index in [1.807, 2.05) is 0 Å². The minimum absolute atomic E-state index is 0.0619. The van der Waals surface area contributed by atoms with Gasteiger partial charge in [-0.15, -0.1) is 10.2 Å². The van der Waals surface area contributed by atoms with E-state index in [1.54, 1.807) is 6.92 Å². The molecule has 100 valence electrons. The highest BCUT2D eigenvalue weighted by Gasteiger charge is 2.10. The van der Waals surface area contributed by atoms with Crippen molar-refractivity contribution in [2.75, 3.05) is 5.32 Å². The van der Waals surface area contributed by atoms with E-state index in [1.165, 1.54) is 6.07 Å². The molecule has 0 aliphatic rings. The van der Waals surface area contributed by atoms with Crippen LogP contribution in [0.3, 0.4) is 0 Å². The Bertz CT molecular complexity index is 598.